The van der Waals surface area contributed by atoms with Crippen molar-refractivity contribution in [3.63, 3.8) is 0 Å². The minimum atomic E-state index is -5.11. The maximum atomic E-state index is 14.6. The van der Waals surface area contributed by atoms with Crippen LogP contribution in [0.3, 0.4) is 0 Å². The van der Waals surface area contributed by atoms with E-state index in [2.05, 4.69) is 11.9 Å². The van der Waals surface area contributed by atoms with Gasteiger partial charge in [0.15, 0.2) is 0 Å². The van der Waals surface area contributed by atoms with Gasteiger partial charge in [0, 0.05) is 37.8 Å². The first-order chi connectivity index (χ1) is 11.9. The summed E-state index contributed by atoms with van der Waals surface area (Å²) >= 11 is 0. The molecule has 0 radical (unpaired) electrons. The summed E-state index contributed by atoms with van der Waals surface area (Å²) < 4.78 is 93.6. The molecular formula is C17H21Cl2F7N2. The smallest absolute Gasteiger partial charge is 0.314 e. The third kappa shape index (κ3) is 6.50. The summed E-state index contributed by atoms with van der Waals surface area (Å²) in [5.74, 6) is -1.50. The normalized spacial score (nSPS) is 16.7. The lowest BCUT2D eigenvalue weighted by atomic mass is 9.91. The van der Waals surface area contributed by atoms with Gasteiger partial charge < -0.3 is 5.32 Å². The second-order valence-corrected chi connectivity index (χ2v) is 6.38. The molecule has 0 aromatic heterocycles. The van der Waals surface area contributed by atoms with E-state index in [0.717, 1.165) is 0 Å². The average molecular weight is 457 g/mol. The van der Waals surface area contributed by atoms with Crippen molar-refractivity contribution in [1.29, 1.82) is 0 Å². The van der Waals surface area contributed by atoms with Gasteiger partial charge in [-0.15, -0.1) is 31.4 Å². The van der Waals surface area contributed by atoms with Crippen molar-refractivity contribution in [2.45, 2.75) is 31.7 Å². The van der Waals surface area contributed by atoms with Crippen LogP contribution in [0.25, 0.3) is 0 Å². The highest BCUT2D eigenvalue weighted by molar-refractivity contribution is 5.85. The average Bonchev–Trinajstić information content (AvgIpc) is 2.51. The van der Waals surface area contributed by atoms with Crippen LogP contribution in [-0.2, 0) is 12.4 Å². The van der Waals surface area contributed by atoms with Gasteiger partial charge in [-0.2, -0.15) is 26.3 Å². The maximum absolute atomic E-state index is 14.6. The highest BCUT2D eigenvalue weighted by atomic mass is 35.5. The Morgan fingerprint density at radius 1 is 1.07 bits per heavy atom. The van der Waals surface area contributed by atoms with Gasteiger partial charge in [0.25, 0.3) is 0 Å². The lowest BCUT2D eigenvalue weighted by Gasteiger charge is -2.37. The highest BCUT2D eigenvalue weighted by Gasteiger charge is 2.42. The molecule has 1 aliphatic heterocycles. The Balaban J connectivity index is 0.00000364. The molecule has 1 aromatic rings. The van der Waals surface area contributed by atoms with E-state index in [1.54, 1.807) is 11.8 Å². The zero-order valence-electron chi connectivity index (χ0n) is 14.9. The maximum Gasteiger partial charge on any atom is 0.416 e. The van der Waals surface area contributed by atoms with Crippen molar-refractivity contribution in [3.8, 4) is 0 Å². The van der Waals surface area contributed by atoms with Gasteiger partial charge in [-0.3, -0.25) is 4.90 Å². The molecule has 1 fully saturated rings. The fourth-order valence-electron chi connectivity index (χ4n) is 3.09. The first-order valence-electron chi connectivity index (χ1n) is 7.98. The second-order valence-electron chi connectivity index (χ2n) is 6.38. The standard InChI is InChI=1S/C17H19F7N2.2ClH/c1-10(2)7-14(26-5-3-25-4-6-26)15-12(17(22,23)24)8-11(9-13(15)18)16(19,20)21;;/h8-9,14,25H,1,3-7H2,2H3;2*1H/t14-;;/m0../s1. The molecule has 0 amide bonds. The molecule has 2 nitrogen and oxygen atoms in total. The van der Waals surface area contributed by atoms with Crippen LogP contribution in [0.1, 0.15) is 36.1 Å². The Morgan fingerprint density at radius 3 is 2.04 bits per heavy atom. The molecule has 2 rings (SSSR count). The molecule has 0 saturated carbocycles. The number of piperazine rings is 1. The van der Waals surface area contributed by atoms with Gasteiger partial charge in [-0.1, -0.05) is 5.57 Å². The second kappa shape index (κ2) is 10.1. The van der Waals surface area contributed by atoms with E-state index in [9.17, 15) is 30.7 Å². The monoisotopic (exact) mass is 456 g/mol. The quantitative estimate of drug-likeness (QED) is 0.467. The van der Waals surface area contributed by atoms with E-state index in [4.69, 9.17) is 0 Å². The number of halogens is 9. The summed E-state index contributed by atoms with van der Waals surface area (Å²) in [6, 6.07) is -0.905. The Bertz CT molecular complexity index is 669. The van der Waals surface area contributed by atoms with Crippen LogP contribution in [0.15, 0.2) is 24.3 Å². The molecule has 0 aliphatic carbocycles. The SMILES string of the molecule is C=C(C)C[C@@H](c1c(F)cc(C(F)(F)F)cc1C(F)(F)F)N1CCNCC1.Cl.Cl. The third-order valence-corrected chi connectivity index (χ3v) is 4.23. The van der Waals surface area contributed by atoms with Crippen LogP contribution in [0, 0.1) is 5.82 Å². The van der Waals surface area contributed by atoms with Crippen molar-refractivity contribution in [2.75, 3.05) is 26.2 Å². The first-order valence-corrected chi connectivity index (χ1v) is 7.98. The van der Waals surface area contributed by atoms with E-state index >= 15 is 0 Å². The van der Waals surface area contributed by atoms with Gasteiger partial charge in [0.1, 0.15) is 5.82 Å². The zero-order valence-corrected chi connectivity index (χ0v) is 16.5. The number of hydrogen-bond acceptors (Lipinski definition) is 2. The molecule has 28 heavy (non-hydrogen) atoms. The number of nitrogens with one attached hydrogen (secondary N) is 1. The fraction of sp³-hybridized carbons (Fsp3) is 0.529. The molecule has 0 spiro atoms. The largest absolute Gasteiger partial charge is 0.416 e. The lowest BCUT2D eigenvalue weighted by Crippen LogP contribution is -2.45. The van der Waals surface area contributed by atoms with Gasteiger partial charge in [0.05, 0.1) is 11.1 Å². The Labute approximate surface area is 171 Å². The summed E-state index contributed by atoms with van der Waals surface area (Å²) in [6.45, 7) is 6.96. The van der Waals surface area contributed by atoms with Crippen molar-refractivity contribution >= 4 is 24.8 Å². The molecule has 1 heterocycles. The van der Waals surface area contributed by atoms with E-state index in [-0.39, 0.29) is 43.4 Å². The Morgan fingerprint density at radius 2 is 1.61 bits per heavy atom. The van der Waals surface area contributed by atoms with E-state index < -0.39 is 40.9 Å². The molecule has 11 heteroatoms. The van der Waals surface area contributed by atoms with Crippen molar-refractivity contribution in [3.05, 3.63) is 46.8 Å². The number of benzene rings is 1. The number of alkyl halides is 6. The number of nitrogens with zero attached hydrogens (tertiary/aromatic N) is 1. The van der Waals surface area contributed by atoms with E-state index in [1.807, 2.05) is 0 Å². The highest BCUT2D eigenvalue weighted by Crippen LogP contribution is 2.43. The summed E-state index contributed by atoms with van der Waals surface area (Å²) in [5, 5.41) is 3.03. The van der Waals surface area contributed by atoms with Crippen molar-refractivity contribution in [2.24, 2.45) is 0 Å². The topological polar surface area (TPSA) is 15.3 Å². The minimum absolute atomic E-state index is 0. The Hall–Kier alpha value is -1.03. The molecule has 1 aliphatic rings. The predicted molar refractivity (Wildman–Crippen MR) is 97.5 cm³/mol. The molecule has 162 valence electrons. The molecule has 0 bridgehead atoms. The number of rotatable bonds is 4. The minimum Gasteiger partial charge on any atom is -0.314 e. The summed E-state index contributed by atoms with van der Waals surface area (Å²) in [4.78, 5) is 1.64. The van der Waals surface area contributed by atoms with Gasteiger partial charge >= 0.3 is 12.4 Å². The third-order valence-electron chi connectivity index (χ3n) is 4.23. The zero-order chi connectivity index (χ0) is 19.7. The van der Waals surface area contributed by atoms with Crippen LogP contribution in [-0.4, -0.2) is 31.1 Å². The summed E-state index contributed by atoms with van der Waals surface area (Å²) in [7, 11) is 0. The van der Waals surface area contributed by atoms with E-state index in [1.165, 1.54) is 0 Å². The summed E-state index contributed by atoms with van der Waals surface area (Å²) in [5.41, 5.74) is -3.48. The van der Waals surface area contributed by atoms with Crippen LogP contribution in [0.2, 0.25) is 0 Å². The van der Waals surface area contributed by atoms with Gasteiger partial charge in [0.2, 0.25) is 0 Å². The van der Waals surface area contributed by atoms with Crippen LogP contribution in [0.4, 0.5) is 30.7 Å². The van der Waals surface area contributed by atoms with Crippen LogP contribution < -0.4 is 5.32 Å². The van der Waals surface area contributed by atoms with E-state index in [0.29, 0.717) is 31.8 Å². The van der Waals surface area contributed by atoms with Gasteiger partial charge in [-0.05, 0) is 25.5 Å². The van der Waals surface area contributed by atoms with Crippen LogP contribution in [0.5, 0.6) is 0 Å². The molecule has 1 atom stereocenters. The van der Waals surface area contributed by atoms with Crippen LogP contribution >= 0.6 is 24.8 Å². The summed E-state index contributed by atoms with van der Waals surface area (Å²) in [6.07, 6.45) is -10.2. The fourth-order valence-corrected chi connectivity index (χ4v) is 3.09. The molecule has 1 aromatic carbocycles. The first kappa shape index (κ1) is 27.0. The Kier molecular flexibility index (Phi) is 9.76. The molecule has 1 saturated heterocycles. The number of hydrogen-bond donors (Lipinski definition) is 1. The lowest BCUT2D eigenvalue weighted by molar-refractivity contribution is -0.144. The molecule has 1 N–H and O–H groups in total. The molecule has 0 unspecified atom stereocenters. The van der Waals surface area contributed by atoms with Crippen molar-refractivity contribution < 1.29 is 30.7 Å². The molecular weight excluding hydrogens is 436 g/mol. The predicted octanol–water partition coefficient (Wildman–Crippen LogP) is 5.62. The van der Waals surface area contributed by atoms with Crippen molar-refractivity contribution in [1.82, 2.24) is 10.2 Å². The van der Waals surface area contributed by atoms with Gasteiger partial charge in [-0.25, -0.2) is 4.39 Å².